The number of nitrogens with zero attached hydrogens (tertiary/aromatic N) is 1. The van der Waals surface area contributed by atoms with Crippen LogP contribution in [-0.2, 0) is 14.8 Å². The third-order valence-electron chi connectivity index (χ3n) is 2.44. The Morgan fingerprint density at radius 1 is 1.12 bits per heavy atom. The fourth-order valence-corrected chi connectivity index (χ4v) is 2.96. The van der Waals surface area contributed by atoms with E-state index < -0.39 is 10.0 Å². The molecular formula is C10H13NO4S. The Hall–Kier alpha value is -1.11. The first-order valence-corrected chi connectivity index (χ1v) is 6.41. The minimum atomic E-state index is -3.44. The first kappa shape index (κ1) is 11.4. The topological polar surface area (TPSA) is 66.8 Å². The van der Waals surface area contributed by atoms with Crippen LogP contribution in [0.5, 0.6) is 5.75 Å². The first-order chi connectivity index (χ1) is 7.60. The van der Waals surface area contributed by atoms with E-state index in [1.165, 1.54) is 28.6 Å². The van der Waals surface area contributed by atoms with Crippen molar-refractivity contribution >= 4 is 10.0 Å². The van der Waals surface area contributed by atoms with Gasteiger partial charge in [0.1, 0.15) is 5.75 Å². The zero-order chi connectivity index (χ0) is 11.6. The van der Waals surface area contributed by atoms with Gasteiger partial charge in [-0.25, -0.2) is 8.42 Å². The third kappa shape index (κ3) is 2.18. The number of phenolic OH excluding ortho intramolecular Hbond substituents is 1. The molecule has 0 aromatic heterocycles. The molecule has 0 unspecified atom stereocenters. The van der Waals surface area contributed by atoms with Crippen LogP contribution in [0.1, 0.15) is 0 Å². The predicted octanol–water partition coefficient (Wildman–Crippen LogP) is 0.413. The second-order valence-corrected chi connectivity index (χ2v) is 5.45. The molecule has 16 heavy (non-hydrogen) atoms. The van der Waals surface area contributed by atoms with Gasteiger partial charge in [-0.3, -0.25) is 0 Å². The van der Waals surface area contributed by atoms with Gasteiger partial charge in [0.15, 0.2) is 0 Å². The van der Waals surface area contributed by atoms with Crippen LogP contribution in [0.2, 0.25) is 0 Å². The molecule has 0 saturated carbocycles. The van der Waals surface area contributed by atoms with Gasteiger partial charge in [0.05, 0.1) is 18.1 Å². The summed E-state index contributed by atoms with van der Waals surface area (Å²) in [5, 5.41) is 9.10. The number of hydrogen-bond acceptors (Lipinski definition) is 4. The maximum Gasteiger partial charge on any atom is 0.243 e. The Labute approximate surface area is 94.3 Å². The molecule has 0 aliphatic carbocycles. The molecule has 5 nitrogen and oxygen atoms in total. The van der Waals surface area contributed by atoms with E-state index in [4.69, 9.17) is 9.84 Å². The molecule has 1 aromatic rings. The van der Waals surface area contributed by atoms with Crippen molar-refractivity contribution in [2.24, 2.45) is 0 Å². The summed E-state index contributed by atoms with van der Waals surface area (Å²) in [6.07, 6.45) is 0. The van der Waals surface area contributed by atoms with Gasteiger partial charge in [0, 0.05) is 13.1 Å². The monoisotopic (exact) mass is 243 g/mol. The lowest BCUT2D eigenvalue weighted by atomic mass is 10.3. The van der Waals surface area contributed by atoms with Crippen LogP contribution in [0.4, 0.5) is 0 Å². The largest absolute Gasteiger partial charge is 0.508 e. The molecule has 1 saturated heterocycles. The highest BCUT2D eigenvalue weighted by Crippen LogP contribution is 2.19. The van der Waals surface area contributed by atoms with Crippen LogP contribution < -0.4 is 0 Å². The summed E-state index contributed by atoms with van der Waals surface area (Å²) in [4.78, 5) is 0.201. The smallest absolute Gasteiger partial charge is 0.243 e. The molecule has 1 aliphatic heterocycles. The van der Waals surface area contributed by atoms with Crippen molar-refractivity contribution in [1.82, 2.24) is 4.31 Å². The molecule has 2 rings (SSSR count). The number of ether oxygens (including phenoxy) is 1. The Morgan fingerprint density at radius 3 is 2.25 bits per heavy atom. The van der Waals surface area contributed by atoms with Crippen LogP contribution in [-0.4, -0.2) is 44.1 Å². The molecule has 0 radical (unpaired) electrons. The standard InChI is InChI=1S/C10H13NO4S/c12-9-1-3-10(4-2-9)16(13,14)11-5-7-15-8-6-11/h1-4,12H,5-8H2. The molecule has 0 atom stereocenters. The van der Waals surface area contributed by atoms with Gasteiger partial charge in [-0.2, -0.15) is 4.31 Å². The van der Waals surface area contributed by atoms with E-state index in [0.29, 0.717) is 26.3 Å². The summed E-state index contributed by atoms with van der Waals surface area (Å²) < 4.78 is 30.7. The minimum absolute atomic E-state index is 0.0564. The van der Waals surface area contributed by atoms with E-state index in [0.717, 1.165) is 0 Å². The van der Waals surface area contributed by atoms with Gasteiger partial charge in [-0.05, 0) is 24.3 Å². The molecular weight excluding hydrogens is 230 g/mol. The Morgan fingerprint density at radius 2 is 1.69 bits per heavy atom. The van der Waals surface area contributed by atoms with Crippen LogP contribution >= 0.6 is 0 Å². The Bertz CT molecular complexity index is 448. The summed E-state index contributed by atoms with van der Waals surface area (Å²) in [5.41, 5.74) is 0. The van der Waals surface area contributed by atoms with Gasteiger partial charge in [-0.15, -0.1) is 0 Å². The fraction of sp³-hybridized carbons (Fsp3) is 0.400. The van der Waals surface area contributed by atoms with Crippen molar-refractivity contribution in [1.29, 1.82) is 0 Å². The van der Waals surface area contributed by atoms with Crippen molar-refractivity contribution in [3.63, 3.8) is 0 Å². The van der Waals surface area contributed by atoms with Crippen LogP contribution in [0, 0.1) is 0 Å². The molecule has 1 aromatic carbocycles. The highest BCUT2D eigenvalue weighted by Gasteiger charge is 2.25. The van der Waals surface area contributed by atoms with E-state index >= 15 is 0 Å². The maximum absolute atomic E-state index is 12.1. The van der Waals surface area contributed by atoms with Crippen molar-refractivity contribution in [3.05, 3.63) is 24.3 Å². The average Bonchev–Trinajstić information content (AvgIpc) is 2.31. The van der Waals surface area contributed by atoms with Crippen LogP contribution in [0.3, 0.4) is 0 Å². The molecule has 6 heteroatoms. The second kappa shape index (κ2) is 4.40. The summed E-state index contributed by atoms with van der Waals surface area (Å²) in [6, 6.07) is 5.54. The Balaban J connectivity index is 2.27. The number of hydrogen-bond donors (Lipinski definition) is 1. The van der Waals surface area contributed by atoms with Gasteiger partial charge >= 0.3 is 0 Å². The highest BCUT2D eigenvalue weighted by molar-refractivity contribution is 7.89. The van der Waals surface area contributed by atoms with Gasteiger partial charge in [0.2, 0.25) is 10.0 Å². The lowest BCUT2D eigenvalue weighted by molar-refractivity contribution is 0.0730. The first-order valence-electron chi connectivity index (χ1n) is 4.97. The van der Waals surface area contributed by atoms with Gasteiger partial charge in [0.25, 0.3) is 0 Å². The normalized spacial score (nSPS) is 18.5. The zero-order valence-corrected chi connectivity index (χ0v) is 9.48. The van der Waals surface area contributed by atoms with E-state index in [1.54, 1.807) is 0 Å². The summed E-state index contributed by atoms with van der Waals surface area (Å²) in [6.45, 7) is 1.61. The molecule has 88 valence electrons. The number of sulfonamides is 1. The fourth-order valence-electron chi connectivity index (χ4n) is 1.55. The molecule has 1 N–H and O–H groups in total. The number of phenols is 1. The summed E-state index contributed by atoms with van der Waals surface area (Å²) in [5.74, 6) is 0.0564. The van der Waals surface area contributed by atoms with Gasteiger partial charge in [-0.1, -0.05) is 0 Å². The van der Waals surface area contributed by atoms with Crippen molar-refractivity contribution in [2.75, 3.05) is 26.3 Å². The number of rotatable bonds is 2. The average molecular weight is 243 g/mol. The van der Waals surface area contributed by atoms with Gasteiger partial charge < -0.3 is 9.84 Å². The van der Waals surface area contributed by atoms with Crippen LogP contribution in [0.25, 0.3) is 0 Å². The lowest BCUT2D eigenvalue weighted by Crippen LogP contribution is -2.40. The quantitative estimate of drug-likeness (QED) is 0.817. The molecule has 0 spiro atoms. The number of aromatic hydroxyl groups is 1. The van der Waals surface area contributed by atoms with Crippen molar-refractivity contribution in [3.8, 4) is 5.75 Å². The van der Waals surface area contributed by atoms with E-state index in [-0.39, 0.29) is 10.6 Å². The molecule has 1 aliphatic rings. The lowest BCUT2D eigenvalue weighted by Gasteiger charge is -2.25. The zero-order valence-electron chi connectivity index (χ0n) is 8.67. The molecule has 0 bridgehead atoms. The van der Waals surface area contributed by atoms with E-state index in [1.807, 2.05) is 0 Å². The SMILES string of the molecule is O=S(=O)(c1ccc(O)cc1)N1CCOCC1. The summed E-state index contributed by atoms with van der Waals surface area (Å²) in [7, 11) is -3.44. The number of benzene rings is 1. The van der Waals surface area contributed by atoms with E-state index in [9.17, 15) is 8.42 Å². The predicted molar refractivity (Wildman–Crippen MR) is 57.7 cm³/mol. The van der Waals surface area contributed by atoms with Crippen LogP contribution in [0.15, 0.2) is 29.2 Å². The maximum atomic E-state index is 12.1. The number of morpholine rings is 1. The third-order valence-corrected chi connectivity index (χ3v) is 4.36. The van der Waals surface area contributed by atoms with E-state index in [2.05, 4.69) is 0 Å². The highest BCUT2D eigenvalue weighted by atomic mass is 32.2. The molecule has 0 amide bonds. The second-order valence-electron chi connectivity index (χ2n) is 3.51. The van der Waals surface area contributed by atoms with Crippen molar-refractivity contribution in [2.45, 2.75) is 4.90 Å². The molecule has 1 heterocycles. The Kier molecular flexibility index (Phi) is 3.13. The minimum Gasteiger partial charge on any atom is -0.508 e. The van der Waals surface area contributed by atoms with Crippen molar-refractivity contribution < 1.29 is 18.3 Å². The summed E-state index contributed by atoms with van der Waals surface area (Å²) >= 11 is 0. The molecule has 1 fully saturated rings.